The number of alkyl halides is 3. The molecule has 0 saturated carbocycles. The number of carbonyl (C=O) groups excluding carboxylic acids is 2. The van der Waals surface area contributed by atoms with Crippen molar-refractivity contribution >= 4 is 51.5 Å². The van der Waals surface area contributed by atoms with Gasteiger partial charge in [-0.1, -0.05) is 6.07 Å². The Bertz CT molecular complexity index is 1250. The molecule has 0 N–H and O–H groups in total. The molecule has 4 rings (SSSR count). The van der Waals surface area contributed by atoms with Crippen LogP contribution in [0.4, 0.5) is 29.5 Å². The van der Waals surface area contributed by atoms with Crippen LogP contribution in [0.3, 0.4) is 0 Å². The van der Waals surface area contributed by atoms with Gasteiger partial charge in [0.2, 0.25) is 0 Å². The van der Waals surface area contributed by atoms with Crippen LogP contribution in [0.1, 0.15) is 11.5 Å². The Morgan fingerprint density at radius 3 is 2.57 bits per heavy atom. The number of thioether (sulfide) groups is 1. The lowest BCUT2D eigenvalue weighted by atomic mass is 10.1. The van der Waals surface area contributed by atoms with E-state index in [2.05, 4.69) is 4.98 Å². The van der Waals surface area contributed by atoms with E-state index in [-0.39, 0.29) is 21.9 Å². The second-order valence-electron chi connectivity index (χ2n) is 6.02. The molecule has 1 saturated heterocycles. The molecule has 0 radical (unpaired) electrons. The highest BCUT2D eigenvalue weighted by molar-refractivity contribution is 8.19. The lowest BCUT2D eigenvalue weighted by molar-refractivity contribution is -0.402. The van der Waals surface area contributed by atoms with Gasteiger partial charge in [0.25, 0.3) is 11.1 Å². The van der Waals surface area contributed by atoms with Crippen LogP contribution in [-0.4, -0.2) is 21.1 Å². The summed E-state index contributed by atoms with van der Waals surface area (Å²) in [6, 6.07) is 8.37. The molecule has 30 heavy (non-hydrogen) atoms. The Morgan fingerprint density at radius 2 is 1.90 bits per heavy atom. The molecular weight excluding hydrogens is 427 g/mol. The van der Waals surface area contributed by atoms with Crippen molar-refractivity contribution in [3.8, 4) is 0 Å². The summed E-state index contributed by atoms with van der Waals surface area (Å²) >= 11 is 0.605. The van der Waals surface area contributed by atoms with E-state index in [0.717, 1.165) is 17.0 Å². The highest BCUT2D eigenvalue weighted by Crippen LogP contribution is 2.37. The van der Waals surface area contributed by atoms with Gasteiger partial charge in [0.05, 0.1) is 22.2 Å². The van der Waals surface area contributed by atoms with Gasteiger partial charge in [-0.3, -0.25) is 19.7 Å². The van der Waals surface area contributed by atoms with Crippen molar-refractivity contribution < 1.29 is 32.1 Å². The number of amides is 2. The maximum Gasteiger partial charge on any atom is 0.433 e. The number of nitrogens with zero attached hydrogens (tertiary/aromatic N) is 3. The molecule has 3 heterocycles. The largest absolute Gasteiger partial charge is 0.433 e. The van der Waals surface area contributed by atoms with Gasteiger partial charge in [-0.05, 0) is 42.1 Å². The average molecular weight is 435 g/mol. The van der Waals surface area contributed by atoms with E-state index < -0.39 is 33.8 Å². The number of halogens is 3. The lowest BCUT2D eigenvalue weighted by Gasteiger charge is -2.13. The van der Waals surface area contributed by atoms with Gasteiger partial charge in [0, 0.05) is 11.5 Å². The fraction of sp³-hybridized carbons (Fsp3) is 0.0556. The first kappa shape index (κ1) is 19.6. The third-order valence-electron chi connectivity index (χ3n) is 4.08. The van der Waals surface area contributed by atoms with Gasteiger partial charge in [0.15, 0.2) is 0 Å². The first-order valence-corrected chi connectivity index (χ1v) is 8.95. The second kappa shape index (κ2) is 6.99. The first-order chi connectivity index (χ1) is 14.1. The topological polar surface area (TPSA) is 107 Å². The molecule has 2 aromatic heterocycles. The summed E-state index contributed by atoms with van der Waals surface area (Å²) in [5, 5.41) is 10.4. The molecule has 0 bridgehead atoms. The molecule has 0 atom stereocenters. The van der Waals surface area contributed by atoms with Crippen LogP contribution in [0.15, 0.2) is 51.8 Å². The summed E-state index contributed by atoms with van der Waals surface area (Å²) in [5.74, 6) is -1.18. The van der Waals surface area contributed by atoms with Gasteiger partial charge in [-0.2, -0.15) is 13.2 Å². The van der Waals surface area contributed by atoms with E-state index in [1.54, 1.807) is 0 Å². The Labute approximate surface area is 169 Å². The highest BCUT2D eigenvalue weighted by Gasteiger charge is 2.37. The Kier molecular flexibility index (Phi) is 4.57. The minimum Gasteiger partial charge on any atom is -0.401 e. The summed E-state index contributed by atoms with van der Waals surface area (Å²) in [5.41, 5.74) is -0.844. The number of fused-ring (bicyclic) bond motifs is 1. The molecule has 0 aliphatic carbocycles. The molecule has 1 aromatic carbocycles. The maximum atomic E-state index is 12.8. The summed E-state index contributed by atoms with van der Waals surface area (Å²) in [4.78, 5) is 39.3. The van der Waals surface area contributed by atoms with Crippen LogP contribution >= 0.6 is 11.8 Å². The number of anilines is 1. The van der Waals surface area contributed by atoms with E-state index in [1.165, 1.54) is 36.4 Å². The molecule has 0 unspecified atom stereocenters. The monoisotopic (exact) mass is 435 g/mol. The van der Waals surface area contributed by atoms with Crippen LogP contribution in [0.5, 0.6) is 0 Å². The number of hydrogen-bond acceptors (Lipinski definition) is 7. The number of pyridine rings is 1. The minimum absolute atomic E-state index is 0.0186. The lowest BCUT2D eigenvalue weighted by Crippen LogP contribution is -2.27. The summed E-state index contributed by atoms with van der Waals surface area (Å²) < 4.78 is 43.3. The van der Waals surface area contributed by atoms with Crippen LogP contribution in [-0.2, 0) is 11.0 Å². The molecule has 0 spiro atoms. The number of imide groups is 1. The SMILES string of the molecule is O=C1S/C(=C\c2ccc([N+](=O)[O-])o2)C(=O)N1c1ccc2nc(C(F)(F)F)ccc2c1. The normalized spacial score (nSPS) is 16.1. The summed E-state index contributed by atoms with van der Waals surface area (Å²) in [6.45, 7) is 0. The van der Waals surface area contributed by atoms with Gasteiger partial charge in [-0.15, -0.1) is 0 Å². The van der Waals surface area contributed by atoms with Crippen molar-refractivity contribution in [2.24, 2.45) is 0 Å². The predicted octanol–water partition coefficient (Wildman–Crippen LogP) is 5.00. The number of hydrogen-bond donors (Lipinski definition) is 0. The quantitative estimate of drug-likeness (QED) is 0.324. The highest BCUT2D eigenvalue weighted by atomic mass is 32.2. The van der Waals surface area contributed by atoms with Gasteiger partial charge < -0.3 is 4.42 Å². The Hall–Kier alpha value is -3.67. The zero-order valence-corrected chi connectivity index (χ0v) is 15.4. The van der Waals surface area contributed by atoms with Crippen LogP contribution in [0.2, 0.25) is 0 Å². The van der Waals surface area contributed by atoms with Crippen molar-refractivity contribution in [1.29, 1.82) is 0 Å². The van der Waals surface area contributed by atoms with E-state index in [1.807, 2.05) is 0 Å². The number of carbonyl (C=O) groups is 2. The van der Waals surface area contributed by atoms with Gasteiger partial charge in [-0.25, -0.2) is 9.88 Å². The van der Waals surface area contributed by atoms with Crippen LogP contribution in [0.25, 0.3) is 17.0 Å². The molecule has 2 amide bonds. The van der Waals surface area contributed by atoms with E-state index in [0.29, 0.717) is 17.1 Å². The molecule has 1 fully saturated rings. The number of benzene rings is 1. The zero-order chi connectivity index (χ0) is 21.6. The smallest absolute Gasteiger partial charge is 0.401 e. The third kappa shape index (κ3) is 3.52. The summed E-state index contributed by atoms with van der Waals surface area (Å²) in [6.07, 6.45) is -3.39. The average Bonchev–Trinajstić information content (AvgIpc) is 3.25. The van der Waals surface area contributed by atoms with E-state index >= 15 is 0 Å². The van der Waals surface area contributed by atoms with E-state index in [9.17, 15) is 32.9 Å². The van der Waals surface area contributed by atoms with Crippen molar-refractivity contribution in [2.75, 3.05) is 4.90 Å². The zero-order valence-electron chi connectivity index (χ0n) is 14.5. The van der Waals surface area contributed by atoms with Crippen LogP contribution in [0, 0.1) is 10.1 Å². The Balaban J connectivity index is 1.65. The maximum absolute atomic E-state index is 12.8. The fourth-order valence-electron chi connectivity index (χ4n) is 2.75. The minimum atomic E-state index is -4.59. The standard InChI is InChI=1S/C18H8F3N3O5S/c19-18(20,21)14-5-1-9-7-10(2-4-12(9)22-14)23-16(25)13(30-17(23)26)8-11-3-6-15(29-11)24(27)28/h1-8H/b13-8-. The van der Waals surface area contributed by atoms with Crippen molar-refractivity contribution in [1.82, 2.24) is 4.98 Å². The number of aromatic nitrogens is 1. The second-order valence-corrected chi connectivity index (χ2v) is 7.01. The summed E-state index contributed by atoms with van der Waals surface area (Å²) in [7, 11) is 0. The number of rotatable bonds is 3. The Morgan fingerprint density at radius 1 is 1.13 bits per heavy atom. The van der Waals surface area contributed by atoms with Crippen molar-refractivity contribution in [3.63, 3.8) is 0 Å². The molecular formula is C18H8F3N3O5S. The van der Waals surface area contributed by atoms with E-state index in [4.69, 9.17) is 4.42 Å². The van der Waals surface area contributed by atoms with Crippen LogP contribution < -0.4 is 4.90 Å². The number of nitro groups is 1. The van der Waals surface area contributed by atoms with Crippen molar-refractivity contribution in [3.05, 3.63) is 68.9 Å². The van der Waals surface area contributed by atoms with Crippen molar-refractivity contribution in [2.45, 2.75) is 6.18 Å². The molecule has 152 valence electrons. The van der Waals surface area contributed by atoms with Gasteiger partial charge in [0.1, 0.15) is 16.4 Å². The molecule has 8 nitrogen and oxygen atoms in total. The predicted molar refractivity (Wildman–Crippen MR) is 101 cm³/mol. The third-order valence-corrected chi connectivity index (χ3v) is 4.95. The number of furan rings is 1. The molecule has 1 aliphatic heterocycles. The fourth-order valence-corrected chi connectivity index (χ4v) is 3.57. The molecule has 1 aliphatic rings. The van der Waals surface area contributed by atoms with Gasteiger partial charge >= 0.3 is 12.1 Å². The molecule has 12 heteroatoms. The first-order valence-electron chi connectivity index (χ1n) is 8.14. The molecule has 3 aromatic rings.